The van der Waals surface area contributed by atoms with Gasteiger partial charge in [-0.2, -0.15) is 0 Å². The molecule has 1 aromatic heterocycles. The topological polar surface area (TPSA) is 82.6 Å². The smallest absolute Gasteiger partial charge is 0.234 e. The largest absolute Gasteiger partial charge is 0.353 e. The van der Waals surface area contributed by atoms with Crippen LogP contribution in [-0.2, 0) is 21.4 Å². The van der Waals surface area contributed by atoms with Gasteiger partial charge in [-0.05, 0) is 33.0 Å². The van der Waals surface area contributed by atoms with Crippen LogP contribution in [0.25, 0.3) is 11.3 Å². The molecule has 27 heavy (non-hydrogen) atoms. The molecule has 0 aliphatic rings. The van der Waals surface area contributed by atoms with Gasteiger partial charge in [0, 0.05) is 24.0 Å². The molecule has 0 radical (unpaired) electrons. The number of amides is 1. The zero-order chi connectivity index (χ0) is 20.2. The van der Waals surface area contributed by atoms with Crippen molar-refractivity contribution in [2.45, 2.75) is 26.4 Å². The molecule has 0 atom stereocenters. The van der Waals surface area contributed by atoms with Gasteiger partial charge in [-0.1, -0.05) is 12.1 Å². The van der Waals surface area contributed by atoms with Crippen molar-refractivity contribution < 1.29 is 13.2 Å². The molecule has 0 bridgehead atoms. The third-order valence-electron chi connectivity index (χ3n) is 3.84. The standard InChI is InChI=1S/C18H26N4O3S2/c1-13(2)19-17(23)10-21(3)11-18-20-16(12-26-18)14-6-8-15(9-7-14)22(4)27(5,24)25/h6-9,12-13H,10-11H2,1-5H3,(H,19,23). The number of carbonyl (C=O) groups is 1. The lowest BCUT2D eigenvalue weighted by atomic mass is 10.1. The second-order valence-corrected chi connectivity index (χ2v) is 9.75. The highest BCUT2D eigenvalue weighted by Crippen LogP contribution is 2.25. The Balaban J connectivity index is 2.02. The number of thiazole rings is 1. The van der Waals surface area contributed by atoms with E-state index in [0.717, 1.165) is 16.3 Å². The molecule has 0 aliphatic carbocycles. The van der Waals surface area contributed by atoms with E-state index in [4.69, 9.17) is 0 Å². The number of nitrogens with one attached hydrogen (secondary N) is 1. The summed E-state index contributed by atoms with van der Waals surface area (Å²) < 4.78 is 24.5. The third kappa shape index (κ3) is 6.30. The number of likely N-dealkylation sites (N-methyl/N-ethyl adjacent to an activating group) is 1. The summed E-state index contributed by atoms with van der Waals surface area (Å²) in [7, 11) is 0.131. The number of hydrogen-bond donors (Lipinski definition) is 1. The van der Waals surface area contributed by atoms with Crippen LogP contribution in [0.5, 0.6) is 0 Å². The van der Waals surface area contributed by atoms with E-state index in [1.54, 1.807) is 12.1 Å². The molecule has 9 heteroatoms. The number of nitrogens with zero attached hydrogens (tertiary/aromatic N) is 3. The average Bonchev–Trinajstić information content (AvgIpc) is 3.00. The Hall–Kier alpha value is -1.97. The molecule has 1 amide bonds. The van der Waals surface area contributed by atoms with Gasteiger partial charge in [0.05, 0.1) is 30.7 Å². The minimum absolute atomic E-state index is 0.00475. The molecule has 0 saturated heterocycles. The monoisotopic (exact) mass is 410 g/mol. The average molecular weight is 411 g/mol. The van der Waals surface area contributed by atoms with Gasteiger partial charge in [-0.3, -0.25) is 14.0 Å². The third-order valence-corrected chi connectivity index (χ3v) is 5.88. The summed E-state index contributed by atoms with van der Waals surface area (Å²) in [5, 5.41) is 5.75. The fraction of sp³-hybridized carbons (Fsp3) is 0.444. The quantitative estimate of drug-likeness (QED) is 0.721. The molecule has 1 aromatic carbocycles. The molecular weight excluding hydrogens is 384 g/mol. The second kappa shape index (κ2) is 8.81. The summed E-state index contributed by atoms with van der Waals surface area (Å²) in [5.74, 6) is -0.00475. The van der Waals surface area contributed by atoms with E-state index in [1.165, 1.54) is 28.9 Å². The summed E-state index contributed by atoms with van der Waals surface area (Å²) in [6.07, 6.45) is 1.17. The number of sulfonamides is 1. The van der Waals surface area contributed by atoms with Crippen LogP contribution in [-0.4, -0.2) is 57.1 Å². The van der Waals surface area contributed by atoms with Crippen LogP contribution in [0.3, 0.4) is 0 Å². The van der Waals surface area contributed by atoms with Gasteiger partial charge in [-0.15, -0.1) is 11.3 Å². The maximum atomic E-state index is 11.8. The summed E-state index contributed by atoms with van der Waals surface area (Å²) in [6, 6.07) is 7.36. The Morgan fingerprint density at radius 2 is 1.85 bits per heavy atom. The minimum atomic E-state index is -3.28. The number of aromatic nitrogens is 1. The second-order valence-electron chi connectivity index (χ2n) is 6.80. The Morgan fingerprint density at radius 3 is 2.41 bits per heavy atom. The first-order chi connectivity index (χ1) is 12.6. The molecule has 2 rings (SSSR count). The lowest BCUT2D eigenvalue weighted by molar-refractivity contribution is -0.122. The van der Waals surface area contributed by atoms with Gasteiger partial charge in [-0.25, -0.2) is 13.4 Å². The summed E-state index contributed by atoms with van der Waals surface area (Å²) in [5.41, 5.74) is 2.36. The van der Waals surface area contributed by atoms with Crippen molar-refractivity contribution >= 4 is 33.0 Å². The van der Waals surface area contributed by atoms with Gasteiger partial charge < -0.3 is 5.32 Å². The number of carbonyl (C=O) groups excluding carboxylic acids is 1. The molecule has 2 aromatic rings. The van der Waals surface area contributed by atoms with Crippen LogP contribution in [0, 0.1) is 0 Å². The van der Waals surface area contributed by atoms with Gasteiger partial charge >= 0.3 is 0 Å². The van der Waals surface area contributed by atoms with Gasteiger partial charge in [0.2, 0.25) is 15.9 Å². The fourth-order valence-electron chi connectivity index (χ4n) is 2.45. The Labute approximate surface area is 165 Å². The first-order valence-corrected chi connectivity index (χ1v) is 11.3. The molecule has 0 saturated carbocycles. The predicted molar refractivity (Wildman–Crippen MR) is 110 cm³/mol. The number of hydrogen-bond acceptors (Lipinski definition) is 6. The Morgan fingerprint density at radius 1 is 1.22 bits per heavy atom. The number of benzene rings is 1. The molecule has 7 nitrogen and oxygen atoms in total. The van der Waals surface area contributed by atoms with E-state index in [2.05, 4.69) is 10.3 Å². The Kier molecular flexibility index (Phi) is 6.96. The first kappa shape index (κ1) is 21.3. The highest BCUT2D eigenvalue weighted by atomic mass is 32.2. The van der Waals surface area contributed by atoms with E-state index < -0.39 is 10.0 Å². The van der Waals surface area contributed by atoms with Crippen molar-refractivity contribution in [3.8, 4) is 11.3 Å². The van der Waals surface area contributed by atoms with Crippen LogP contribution in [0.4, 0.5) is 5.69 Å². The maximum Gasteiger partial charge on any atom is 0.234 e. The molecule has 148 valence electrons. The van der Waals surface area contributed by atoms with Crippen molar-refractivity contribution in [3.05, 3.63) is 34.7 Å². The van der Waals surface area contributed by atoms with Crippen molar-refractivity contribution in [2.75, 3.05) is 31.2 Å². The van der Waals surface area contributed by atoms with Crippen LogP contribution >= 0.6 is 11.3 Å². The van der Waals surface area contributed by atoms with Crippen molar-refractivity contribution in [3.63, 3.8) is 0 Å². The zero-order valence-corrected chi connectivity index (χ0v) is 17.9. The van der Waals surface area contributed by atoms with E-state index >= 15 is 0 Å². The van der Waals surface area contributed by atoms with Crippen LogP contribution in [0.1, 0.15) is 18.9 Å². The minimum Gasteiger partial charge on any atom is -0.353 e. The van der Waals surface area contributed by atoms with Crippen LogP contribution in [0.2, 0.25) is 0 Å². The highest BCUT2D eigenvalue weighted by molar-refractivity contribution is 7.92. The molecule has 0 spiro atoms. The van der Waals surface area contributed by atoms with Crippen molar-refractivity contribution in [2.24, 2.45) is 0 Å². The lowest BCUT2D eigenvalue weighted by Gasteiger charge is -2.16. The van der Waals surface area contributed by atoms with Crippen LogP contribution in [0.15, 0.2) is 29.6 Å². The predicted octanol–water partition coefficient (Wildman–Crippen LogP) is 2.16. The fourth-order valence-corrected chi connectivity index (χ4v) is 3.84. The van der Waals surface area contributed by atoms with E-state index in [-0.39, 0.29) is 11.9 Å². The van der Waals surface area contributed by atoms with E-state index in [0.29, 0.717) is 18.8 Å². The van der Waals surface area contributed by atoms with E-state index in [9.17, 15) is 13.2 Å². The summed E-state index contributed by atoms with van der Waals surface area (Å²) >= 11 is 1.54. The number of rotatable bonds is 8. The molecule has 0 aliphatic heterocycles. The van der Waals surface area contributed by atoms with Gasteiger partial charge in [0.1, 0.15) is 5.01 Å². The molecule has 0 unspecified atom stereocenters. The van der Waals surface area contributed by atoms with Gasteiger partial charge in [0.25, 0.3) is 0 Å². The van der Waals surface area contributed by atoms with Crippen LogP contribution < -0.4 is 9.62 Å². The maximum absolute atomic E-state index is 11.8. The Bertz CT molecular complexity index is 876. The molecule has 0 fully saturated rings. The summed E-state index contributed by atoms with van der Waals surface area (Å²) in [4.78, 5) is 18.4. The number of anilines is 1. The lowest BCUT2D eigenvalue weighted by Crippen LogP contribution is -2.38. The SMILES string of the molecule is CC(C)NC(=O)CN(C)Cc1nc(-c2ccc(N(C)S(C)(=O)=O)cc2)cs1. The van der Waals surface area contributed by atoms with Gasteiger partial charge in [0.15, 0.2) is 0 Å². The normalized spacial score (nSPS) is 11.8. The zero-order valence-electron chi connectivity index (χ0n) is 16.3. The summed E-state index contributed by atoms with van der Waals surface area (Å²) in [6.45, 7) is 4.78. The van der Waals surface area contributed by atoms with Crippen molar-refractivity contribution in [1.29, 1.82) is 0 Å². The van der Waals surface area contributed by atoms with Crippen molar-refractivity contribution in [1.82, 2.24) is 15.2 Å². The molecule has 1 heterocycles. The first-order valence-electron chi connectivity index (χ1n) is 8.53. The molecular formula is C18H26N4O3S2. The van der Waals surface area contributed by atoms with E-state index in [1.807, 2.05) is 43.3 Å². The molecule has 1 N–H and O–H groups in total. The highest BCUT2D eigenvalue weighted by Gasteiger charge is 2.13.